The molecule has 0 atom stereocenters. The first-order valence-electron chi connectivity index (χ1n) is 9.64. The van der Waals surface area contributed by atoms with Crippen molar-refractivity contribution in [1.29, 1.82) is 5.26 Å². The number of carbonyl (C=O) groups is 1. The highest BCUT2D eigenvalue weighted by Gasteiger charge is 2.24. The van der Waals surface area contributed by atoms with Gasteiger partial charge in [0.05, 0.1) is 11.3 Å². The summed E-state index contributed by atoms with van der Waals surface area (Å²) >= 11 is 2.99. The average molecular weight is 420 g/mol. The Kier molecular flexibility index (Phi) is 5.98. The normalized spacial score (nSPS) is 12.8. The predicted molar refractivity (Wildman–Crippen MR) is 119 cm³/mol. The van der Waals surface area contributed by atoms with Crippen LogP contribution in [0.3, 0.4) is 0 Å². The van der Waals surface area contributed by atoms with Crippen LogP contribution in [0.5, 0.6) is 0 Å². The van der Waals surface area contributed by atoms with Gasteiger partial charge in [0.1, 0.15) is 11.1 Å². The molecule has 0 unspecified atom stereocenters. The Morgan fingerprint density at radius 2 is 2.14 bits per heavy atom. The molecule has 1 aliphatic carbocycles. The molecule has 4 rings (SSSR count). The number of benzene rings is 1. The number of thiophene rings is 1. The number of thioether (sulfide) groups is 1. The quantitative estimate of drug-likeness (QED) is 0.547. The molecule has 1 amide bonds. The van der Waals surface area contributed by atoms with Crippen molar-refractivity contribution >= 4 is 34.7 Å². The van der Waals surface area contributed by atoms with E-state index in [9.17, 15) is 10.1 Å². The lowest BCUT2D eigenvalue weighted by atomic mass is 9.89. The van der Waals surface area contributed by atoms with Crippen molar-refractivity contribution in [2.45, 2.75) is 37.6 Å². The van der Waals surface area contributed by atoms with E-state index < -0.39 is 0 Å². The summed E-state index contributed by atoms with van der Waals surface area (Å²) in [4.78, 5) is 18.4. The number of hydrogen-bond acceptors (Lipinski definition) is 5. The van der Waals surface area contributed by atoms with E-state index in [0.717, 1.165) is 53.1 Å². The van der Waals surface area contributed by atoms with Crippen LogP contribution in [0.2, 0.25) is 0 Å². The van der Waals surface area contributed by atoms with Gasteiger partial charge in [0.2, 0.25) is 5.91 Å². The monoisotopic (exact) mass is 419 g/mol. The van der Waals surface area contributed by atoms with Crippen molar-refractivity contribution in [2.75, 3.05) is 11.1 Å². The molecule has 0 fully saturated rings. The minimum absolute atomic E-state index is 0.0957. The zero-order chi connectivity index (χ0) is 20.2. The molecular weight excluding hydrogens is 398 g/mol. The maximum Gasteiger partial charge on any atom is 0.234 e. The predicted octanol–water partition coefficient (Wildman–Crippen LogP) is 5.60. The molecule has 4 nitrogen and oxygen atoms in total. The molecule has 29 heavy (non-hydrogen) atoms. The molecular formula is C23H21N3OS2. The van der Waals surface area contributed by atoms with Crippen LogP contribution in [-0.2, 0) is 17.6 Å². The molecule has 2 heterocycles. The Bertz CT molecular complexity index is 1080. The smallest absolute Gasteiger partial charge is 0.234 e. The molecule has 2 aromatic heterocycles. The number of aryl methyl sites for hydroxylation is 2. The van der Waals surface area contributed by atoms with Gasteiger partial charge in [0, 0.05) is 21.8 Å². The number of rotatable bonds is 5. The van der Waals surface area contributed by atoms with E-state index in [-0.39, 0.29) is 11.7 Å². The topological polar surface area (TPSA) is 65.8 Å². The molecule has 0 saturated heterocycles. The summed E-state index contributed by atoms with van der Waals surface area (Å²) in [7, 11) is 0. The number of pyridine rings is 1. The van der Waals surface area contributed by atoms with Crippen molar-refractivity contribution < 1.29 is 4.79 Å². The number of anilines is 1. The van der Waals surface area contributed by atoms with Crippen molar-refractivity contribution in [3.05, 3.63) is 64.2 Å². The SMILES string of the molecule is Cc1cccc(NC(=O)CSc2nc3c(c(-c4cccs4)c2C#N)CCCC3)c1. The van der Waals surface area contributed by atoms with Crippen LogP contribution >= 0.6 is 23.1 Å². The van der Waals surface area contributed by atoms with E-state index in [1.165, 1.54) is 17.3 Å². The van der Waals surface area contributed by atoms with Crippen molar-refractivity contribution in [2.24, 2.45) is 0 Å². The lowest BCUT2D eigenvalue weighted by Gasteiger charge is -2.21. The number of fused-ring (bicyclic) bond motifs is 1. The average Bonchev–Trinajstić information content (AvgIpc) is 3.25. The maximum atomic E-state index is 12.5. The fraction of sp³-hybridized carbons (Fsp3) is 0.261. The summed E-state index contributed by atoms with van der Waals surface area (Å²) in [5.41, 5.74) is 5.80. The van der Waals surface area contributed by atoms with Crippen LogP contribution in [0, 0.1) is 18.3 Å². The van der Waals surface area contributed by atoms with Crippen LogP contribution in [0.15, 0.2) is 46.8 Å². The third-order valence-corrected chi connectivity index (χ3v) is 6.82. The molecule has 1 aliphatic rings. The van der Waals surface area contributed by atoms with Gasteiger partial charge in [-0.15, -0.1) is 11.3 Å². The second-order valence-electron chi connectivity index (χ2n) is 7.09. The summed E-state index contributed by atoms with van der Waals surface area (Å²) in [6, 6.07) is 14.2. The van der Waals surface area contributed by atoms with Gasteiger partial charge in [-0.05, 0) is 67.3 Å². The lowest BCUT2D eigenvalue weighted by Crippen LogP contribution is -2.15. The highest BCUT2D eigenvalue weighted by Crippen LogP contribution is 2.39. The summed E-state index contributed by atoms with van der Waals surface area (Å²) in [6.07, 6.45) is 4.14. The summed E-state index contributed by atoms with van der Waals surface area (Å²) in [6.45, 7) is 1.99. The Morgan fingerprint density at radius 1 is 1.28 bits per heavy atom. The second-order valence-corrected chi connectivity index (χ2v) is 9.01. The molecule has 0 radical (unpaired) electrons. The zero-order valence-corrected chi connectivity index (χ0v) is 17.8. The molecule has 0 bridgehead atoms. The van der Waals surface area contributed by atoms with Gasteiger partial charge in [-0.1, -0.05) is 30.0 Å². The van der Waals surface area contributed by atoms with E-state index in [2.05, 4.69) is 17.5 Å². The van der Waals surface area contributed by atoms with E-state index in [1.54, 1.807) is 11.3 Å². The van der Waals surface area contributed by atoms with Gasteiger partial charge in [0.15, 0.2) is 0 Å². The fourth-order valence-corrected chi connectivity index (χ4v) is 5.28. The number of carbonyl (C=O) groups excluding carboxylic acids is 1. The Balaban J connectivity index is 1.61. The van der Waals surface area contributed by atoms with Crippen LogP contribution < -0.4 is 5.32 Å². The number of nitrogens with zero attached hydrogens (tertiary/aromatic N) is 2. The Morgan fingerprint density at radius 3 is 2.90 bits per heavy atom. The number of amides is 1. The first-order valence-corrected chi connectivity index (χ1v) is 11.5. The minimum atomic E-state index is -0.0957. The Hall–Kier alpha value is -2.62. The van der Waals surface area contributed by atoms with E-state index in [1.807, 2.05) is 42.6 Å². The van der Waals surface area contributed by atoms with Crippen LogP contribution in [-0.4, -0.2) is 16.6 Å². The molecule has 6 heteroatoms. The third-order valence-electron chi connectivity index (χ3n) is 4.96. The molecule has 3 aromatic rings. The van der Waals surface area contributed by atoms with Crippen LogP contribution in [0.25, 0.3) is 10.4 Å². The van der Waals surface area contributed by atoms with Crippen molar-refractivity contribution in [3.8, 4) is 16.5 Å². The van der Waals surface area contributed by atoms with Gasteiger partial charge in [-0.3, -0.25) is 4.79 Å². The number of nitriles is 1. The third kappa shape index (κ3) is 4.36. The highest BCUT2D eigenvalue weighted by molar-refractivity contribution is 8.00. The largest absolute Gasteiger partial charge is 0.325 e. The molecule has 1 aromatic carbocycles. The number of hydrogen-bond donors (Lipinski definition) is 1. The number of nitrogens with one attached hydrogen (secondary N) is 1. The fourth-order valence-electron chi connectivity index (χ4n) is 3.67. The molecule has 146 valence electrons. The first-order chi connectivity index (χ1) is 14.2. The van der Waals surface area contributed by atoms with E-state index in [4.69, 9.17) is 4.98 Å². The summed E-state index contributed by atoms with van der Waals surface area (Å²) in [5.74, 6) is 0.125. The van der Waals surface area contributed by atoms with Gasteiger partial charge in [-0.25, -0.2) is 4.98 Å². The number of aromatic nitrogens is 1. The second kappa shape index (κ2) is 8.81. The molecule has 0 aliphatic heterocycles. The highest BCUT2D eigenvalue weighted by atomic mass is 32.2. The maximum absolute atomic E-state index is 12.5. The van der Waals surface area contributed by atoms with Gasteiger partial charge < -0.3 is 5.32 Å². The van der Waals surface area contributed by atoms with Crippen molar-refractivity contribution in [3.63, 3.8) is 0 Å². The van der Waals surface area contributed by atoms with Gasteiger partial charge >= 0.3 is 0 Å². The Labute approximate surface area is 179 Å². The van der Waals surface area contributed by atoms with Crippen LogP contribution in [0.4, 0.5) is 5.69 Å². The summed E-state index contributed by atoms with van der Waals surface area (Å²) in [5, 5.41) is 15.6. The molecule has 0 saturated carbocycles. The summed E-state index contributed by atoms with van der Waals surface area (Å²) < 4.78 is 0. The lowest BCUT2D eigenvalue weighted by molar-refractivity contribution is -0.113. The minimum Gasteiger partial charge on any atom is -0.325 e. The van der Waals surface area contributed by atoms with E-state index >= 15 is 0 Å². The molecule has 1 N–H and O–H groups in total. The first kappa shape index (κ1) is 19.7. The van der Waals surface area contributed by atoms with Crippen LogP contribution in [0.1, 0.15) is 35.2 Å². The zero-order valence-electron chi connectivity index (χ0n) is 16.2. The van der Waals surface area contributed by atoms with Crippen molar-refractivity contribution in [1.82, 2.24) is 4.98 Å². The van der Waals surface area contributed by atoms with E-state index in [0.29, 0.717) is 10.6 Å². The standard InChI is InChI=1S/C23H21N3OS2/c1-15-6-4-7-16(12-15)25-21(27)14-29-23-18(13-24)22(20-10-5-11-28-20)17-8-2-3-9-19(17)26-23/h4-7,10-12H,2-3,8-9,14H2,1H3,(H,25,27). The van der Waals surface area contributed by atoms with Gasteiger partial charge in [-0.2, -0.15) is 5.26 Å². The molecule has 0 spiro atoms. The van der Waals surface area contributed by atoms with Gasteiger partial charge in [0.25, 0.3) is 0 Å².